The Hall–Kier alpha value is -1.08. The van der Waals surface area contributed by atoms with Gasteiger partial charge in [-0.05, 0) is 37.7 Å². The fourth-order valence-corrected chi connectivity index (χ4v) is 2.12. The molecule has 1 aliphatic rings. The van der Waals surface area contributed by atoms with E-state index >= 15 is 0 Å². The van der Waals surface area contributed by atoms with Gasteiger partial charge in [-0.1, -0.05) is 12.1 Å². The third kappa shape index (κ3) is 3.71. The molecule has 1 aromatic carbocycles. The summed E-state index contributed by atoms with van der Waals surface area (Å²) in [4.78, 5) is 2.38. The Morgan fingerprint density at radius 3 is 2.65 bits per heavy atom. The summed E-state index contributed by atoms with van der Waals surface area (Å²) in [5.74, 6) is 0. The first-order chi connectivity index (χ1) is 7.79. The van der Waals surface area contributed by atoms with Crippen molar-refractivity contribution in [2.75, 3.05) is 20.1 Å². The molecule has 0 aliphatic carbocycles. The Labute approximate surface area is 109 Å². The summed E-state index contributed by atoms with van der Waals surface area (Å²) < 4.78 is 0. The van der Waals surface area contributed by atoms with Gasteiger partial charge in [-0.15, -0.1) is 12.4 Å². The molecule has 1 unspecified atom stereocenters. The molecule has 92 valence electrons. The van der Waals surface area contributed by atoms with Gasteiger partial charge < -0.3 is 5.32 Å². The topological polar surface area (TPSA) is 39.1 Å². The molecule has 2 rings (SSSR count). The van der Waals surface area contributed by atoms with Crippen molar-refractivity contribution >= 4 is 12.4 Å². The van der Waals surface area contributed by atoms with Crippen LogP contribution in [-0.2, 0) is 6.54 Å². The smallest absolute Gasteiger partial charge is 0.0991 e. The van der Waals surface area contributed by atoms with E-state index in [1.807, 2.05) is 24.3 Å². The fraction of sp³-hybridized carbons (Fsp3) is 0.462. The van der Waals surface area contributed by atoms with Crippen LogP contribution in [0.4, 0.5) is 0 Å². The maximum absolute atomic E-state index is 8.71. The van der Waals surface area contributed by atoms with Crippen molar-refractivity contribution in [1.29, 1.82) is 5.26 Å². The lowest BCUT2D eigenvalue weighted by Gasteiger charge is -2.23. The second-order valence-corrected chi connectivity index (χ2v) is 4.37. The molecule has 0 aromatic heterocycles. The highest BCUT2D eigenvalue weighted by atomic mass is 35.5. The van der Waals surface area contributed by atoms with Crippen LogP contribution < -0.4 is 5.32 Å². The van der Waals surface area contributed by atoms with E-state index in [2.05, 4.69) is 23.3 Å². The van der Waals surface area contributed by atoms with E-state index in [1.54, 1.807) is 0 Å². The fourth-order valence-electron chi connectivity index (χ4n) is 2.12. The third-order valence-corrected chi connectivity index (χ3v) is 3.17. The molecule has 17 heavy (non-hydrogen) atoms. The van der Waals surface area contributed by atoms with Crippen molar-refractivity contribution in [3.63, 3.8) is 0 Å². The number of nitriles is 1. The molecule has 3 nitrogen and oxygen atoms in total. The number of rotatable bonds is 3. The van der Waals surface area contributed by atoms with Crippen LogP contribution in [-0.4, -0.2) is 31.1 Å². The molecule has 0 saturated carbocycles. The van der Waals surface area contributed by atoms with Crippen LogP contribution in [0.5, 0.6) is 0 Å². The predicted octanol–water partition coefficient (Wildman–Crippen LogP) is 1.77. The molecule has 1 aliphatic heterocycles. The van der Waals surface area contributed by atoms with Crippen molar-refractivity contribution in [1.82, 2.24) is 10.2 Å². The molecular weight excluding hydrogens is 234 g/mol. The van der Waals surface area contributed by atoms with Crippen LogP contribution in [0.2, 0.25) is 0 Å². The number of nitrogens with zero attached hydrogens (tertiary/aromatic N) is 2. The standard InChI is InChI=1S/C13H17N3.ClH/c1-16(13-6-7-15-9-13)10-12-4-2-11(8-14)3-5-12;/h2-5,13,15H,6-7,9-10H2,1H3;1H. The average Bonchev–Trinajstić information content (AvgIpc) is 2.83. The van der Waals surface area contributed by atoms with E-state index < -0.39 is 0 Å². The average molecular weight is 252 g/mol. The minimum atomic E-state index is 0. The van der Waals surface area contributed by atoms with Gasteiger partial charge in [-0.2, -0.15) is 5.26 Å². The maximum Gasteiger partial charge on any atom is 0.0991 e. The van der Waals surface area contributed by atoms with Crippen LogP contribution >= 0.6 is 12.4 Å². The first-order valence-electron chi connectivity index (χ1n) is 5.69. The lowest BCUT2D eigenvalue weighted by atomic mass is 10.1. The summed E-state index contributed by atoms with van der Waals surface area (Å²) in [6, 6.07) is 10.6. The molecule has 1 N–H and O–H groups in total. The molecule has 1 atom stereocenters. The quantitative estimate of drug-likeness (QED) is 0.890. The zero-order valence-electron chi connectivity index (χ0n) is 10.0. The van der Waals surface area contributed by atoms with Crippen LogP contribution in [0.25, 0.3) is 0 Å². The number of halogens is 1. The number of likely N-dealkylation sites (N-methyl/N-ethyl adjacent to an activating group) is 1. The largest absolute Gasteiger partial charge is 0.315 e. The zero-order valence-corrected chi connectivity index (χ0v) is 10.8. The van der Waals surface area contributed by atoms with Crippen LogP contribution in [0, 0.1) is 11.3 Å². The predicted molar refractivity (Wildman–Crippen MR) is 71.1 cm³/mol. The van der Waals surface area contributed by atoms with E-state index in [4.69, 9.17) is 5.26 Å². The van der Waals surface area contributed by atoms with Crippen LogP contribution in [0.15, 0.2) is 24.3 Å². The van der Waals surface area contributed by atoms with E-state index in [0.29, 0.717) is 6.04 Å². The van der Waals surface area contributed by atoms with Gasteiger partial charge in [-0.3, -0.25) is 4.90 Å². The molecule has 1 aromatic rings. The number of benzene rings is 1. The summed E-state index contributed by atoms with van der Waals surface area (Å²) in [6.07, 6.45) is 1.23. The number of nitrogens with one attached hydrogen (secondary N) is 1. The van der Waals surface area contributed by atoms with Gasteiger partial charge in [0.2, 0.25) is 0 Å². The zero-order chi connectivity index (χ0) is 11.4. The summed E-state index contributed by atoms with van der Waals surface area (Å²) in [5, 5.41) is 12.1. The van der Waals surface area contributed by atoms with E-state index in [0.717, 1.165) is 25.2 Å². The second kappa shape index (κ2) is 6.61. The SMILES string of the molecule is CN(Cc1ccc(C#N)cc1)C1CCNC1.Cl. The highest BCUT2D eigenvalue weighted by Gasteiger charge is 2.18. The molecule has 0 radical (unpaired) electrons. The molecule has 1 fully saturated rings. The molecule has 4 heteroatoms. The van der Waals surface area contributed by atoms with Crippen molar-refractivity contribution in [3.8, 4) is 6.07 Å². The normalized spacial score (nSPS) is 18.8. The summed E-state index contributed by atoms with van der Waals surface area (Å²) in [5.41, 5.74) is 2.00. The number of hydrogen-bond donors (Lipinski definition) is 1. The minimum Gasteiger partial charge on any atom is -0.315 e. The third-order valence-electron chi connectivity index (χ3n) is 3.17. The lowest BCUT2D eigenvalue weighted by molar-refractivity contribution is 0.249. The molecular formula is C13H18ClN3. The summed E-state index contributed by atoms with van der Waals surface area (Å²) >= 11 is 0. The lowest BCUT2D eigenvalue weighted by Crippen LogP contribution is -2.32. The Balaban J connectivity index is 0.00000144. The molecule has 1 heterocycles. The minimum absolute atomic E-state index is 0. The number of hydrogen-bond acceptors (Lipinski definition) is 3. The first kappa shape index (κ1) is 14.0. The Morgan fingerprint density at radius 1 is 1.41 bits per heavy atom. The van der Waals surface area contributed by atoms with Crippen molar-refractivity contribution in [2.45, 2.75) is 19.0 Å². The van der Waals surface area contributed by atoms with E-state index in [9.17, 15) is 0 Å². The van der Waals surface area contributed by atoms with Crippen molar-refractivity contribution < 1.29 is 0 Å². The van der Waals surface area contributed by atoms with Crippen molar-refractivity contribution in [2.24, 2.45) is 0 Å². The van der Waals surface area contributed by atoms with E-state index in [1.165, 1.54) is 12.0 Å². The van der Waals surface area contributed by atoms with Gasteiger partial charge in [0.25, 0.3) is 0 Å². The van der Waals surface area contributed by atoms with Crippen molar-refractivity contribution in [3.05, 3.63) is 35.4 Å². The van der Waals surface area contributed by atoms with Crippen LogP contribution in [0.3, 0.4) is 0 Å². The van der Waals surface area contributed by atoms with Gasteiger partial charge in [-0.25, -0.2) is 0 Å². The van der Waals surface area contributed by atoms with Crippen LogP contribution in [0.1, 0.15) is 17.5 Å². The van der Waals surface area contributed by atoms with Gasteiger partial charge in [0.1, 0.15) is 0 Å². The maximum atomic E-state index is 8.71. The summed E-state index contributed by atoms with van der Waals surface area (Å²) in [7, 11) is 2.16. The Bertz CT molecular complexity index is 377. The monoisotopic (exact) mass is 251 g/mol. The Morgan fingerprint density at radius 2 is 2.12 bits per heavy atom. The molecule has 0 spiro atoms. The second-order valence-electron chi connectivity index (χ2n) is 4.37. The molecule has 0 amide bonds. The molecule has 1 saturated heterocycles. The van der Waals surface area contributed by atoms with Gasteiger partial charge in [0.05, 0.1) is 11.6 Å². The first-order valence-corrected chi connectivity index (χ1v) is 5.69. The van der Waals surface area contributed by atoms with E-state index in [-0.39, 0.29) is 12.4 Å². The van der Waals surface area contributed by atoms with Gasteiger partial charge in [0.15, 0.2) is 0 Å². The highest BCUT2D eigenvalue weighted by molar-refractivity contribution is 5.85. The highest BCUT2D eigenvalue weighted by Crippen LogP contribution is 2.11. The summed E-state index contributed by atoms with van der Waals surface area (Å²) in [6.45, 7) is 3.17. The van der Waals surface area contributed by atoms with Gasteiger partial charge >= 0.3 is 0 Å². The Kier molecular flexibility index (Phi) is 5.43. The van der Waals surface area contributed by atoms with Gasteiger partial charge in [0, 0.05) is 19.1 Å². The molecule has 0 bridgehead atoms.